The van der Waals surface area contributed by atoms with E-state index in [1.807, 2.05) is 36.2 Å². The summed E-state index contributed by atoms with van der Waals surface area (Å²) in [4.78, 5) is 17.9. The molecule has 1 amide bonds. The number of carbonyl (C=O) groups excluding carboxylic acids is 1. The molecule has 4 heteroatoms. The van der Waals surface area contributed by atoms with E-state index in [-0.39, 0.29) is 5.91 Å². The average Bonchev–Trinajstić information content (AvgIpc) is 2.97. The van der Waals surface area contributed by atoms with Gasteiger partial charge in [-0.05, 0) is 49.8 Å². The van der Waals surface area contributed by atoms with Gasteiger partial charge in [-0.15, -0.1) is 0 Å². The Balaban J connectivity index is 1.79. The van der Waals surface area contributed by atoms with Crippen molar-refractivity contribution in [2.45, 2.75) is 38.6 Å². The molecule has 1 aliphatic rings. The summed E-state index contributed by atoms with van der Waals surface area (Å²) in [5.74, 6) is 1.66. The first-order valence-electron chi connectivity index (χ1n) is 8.02. The summed E-state index contributed by atoms with van der Waals surface area (Å²) >= 11 is 0. The Labute approximate surface area is 131 Å². The van der Waals surface area contributed by atoms with Crippen LogP contribution in [0.15, 0.2) is 24.3 Å². The molecule has 1 fully saturated rings. The molecule has 0 unspecified atom stereocenters. The number of nitrogens with zero attached hydrogens (tertiary/aromatic N) is 1. The van der Waals surface area contributed by atoms with E-state index >= 15 is 0 Å². The van der Waals surface area contributed by atoms with Gasteiger partial charge in [0.1, 0.15) is 11.4 Å². The normalized spacial score (nSPS) is 21.8. The Morgan fingerprint density at radius 2 is 1.95 bits per heavy atom. The highest BCUT2D eigenvalue weighted by Crippen LogP contribution is 2.28. The third-order valence-electron chi connectivity index (χ3n) is 4.91. The molecule has 3 rings (SSSR count). The number of H-pyrrole nitrogens is 1. The summed E-state index contributed by atoms with van der Waals surface area (Å²) in [5.41, 5.74) is 1.60. The van der Waals surface area contributed by atoms with Crippen LogP contribution in [-0.4, -0.2) is 36.0 Å². The Morgan fingerprint density at radius 3 is 2.64 bits per heavy atom. The smallest absolute Gasteiger partial charge is 0.270 e. The van der Waals surface area contributed by atoms with Crippen LogP contribution < -0.4 is 4.74 Å². The SMILES string of the molecule is COc1ccc2cc(C(=O)N(C)C3CCC(C)CC3)[nH]c2c1. The van der Waals surface area contributed by atoms with Crippen molar-refractivity contribution >= 4 is 16.8 Å². The fourth-order valence-corrected chi connectivity index (χ4v) is 3.33. The van der Waals surface area contributed by atoms with Gasteiger partial charge in [0, 0.05) is 30.1 Å². The third-order valence-corrected chi connectivity index (χ3v) is 4.91. The van der Waals surface area contributed by atoms with E-state index < -0.39 is 0 Å². The summed E-state index contributed by atoms with van der Waals surface area (Å²) in [6.45, 7) is 2.29. The first-order chi connectivity index (χ1) is 10.6. The van der Waals surface area contributed by atoms with Crippen molar-refractivity contribution < 1.29 is 9.53 Å². The average molecular weight is 300 g/mol. The number of hydrogen-bond donors (Lipinski definition) is 1. The highest BCUT2D eigenvalue weighted by molar-refractivity contribution is 5.98. The Morgan fingerprint density at radius 1 is 1.23 bits per heavy atom. The van der Waals surface area contributed by atoms with Crippen molar-refractivity contribution in [1.29, 1.82) is 0 Å². The van der Waals surface area contributed by atoms with Crippen molar-refractivity contribution in [3.05, 3.63) is 30.0 Å². The van der Waals surface area contributed by atoms with E-state index in [9.17, 15) is 4.79 Å². The zero-order valence-electron chi connectivity index (χ0n) is 13.6. The molecule has 118 valence electrons. The van der Waals surface area contributed by atoms with E-state index in [1.54, 1.807) is 7.11 Å². The maximum atomic E-state index is 12.7. The first-order valence-corrected chi connectivity index (χ1v) is 8.02. The van der Waals surface area contributed by atoms with Gasteiger partial charge in [-0.2, -0.15) is 0 Å². The number of aromatic amines is 1. The van der Waals surface area contributed by atoms with Crippen molar-refractivity contribution in [1.82, 2.24) is 9.88 Å². The molecule has 1 aliphatic carbocycles. The molecule has 2 aromatic rings. The van der Waals surface area contributed by atoms with Gasteiger partial charge in [-0.25, -0.2) is 0 Å². The number of nitrogens with one attached hydrogen (secondary N) is 1. The summed E-state index contributed by atoms with van der Waals surface area (Å²) in [5, 5.41) is 1.04. The number of methoxy groups -OCH3 is 1. The van der Waals surface area contributed by atoms with Crippen molar-refractivity contribution in [3.63, 3.8) is 0 Å². The largest absolute Gasteiger partial charge is 0.497 e. The van der Waals surface area contributed by atoms with Crippen LogP contribution in [0.4, 0.5) is 0 Å². The van der Waals surface area contributed by atoms with Crippen molar-refractivity contribution in [3.8, 4) is 5.75 Å². The van der Waals surface area contributed by atoms with Gasteiger partial charge in [0.25, 0.3) is 5.91 Å². The van der Waals surface area contributed by atoms with Crippen LogP contribution in [0.5, 0.6) is 5.75 Å². The quantitative estimate of drug-likeness (QED) is 0.936. The minimum atomic E-state index is 0.0784. The molecule has 1 saturated carbocycles. The van der Waals surface area contributed by atoms with Crippen LogP contribution in [0.25, 0.3) is 10.9 Å². The van der Waals surface area contributed by atoms with Gasteiger partial charge >= 0.3 is 0 Å². The fourth-order valence-electron chi connectivity index (χ4n) is 3.33. The summed E-state index contributed by atoms with van der Waals surface area (Å²) in [7, 11) is 3.57. The predicted molar refractivity (Wildman–Crippen MR) is 88.4 cm³/mol. The van der Waals surface area contributed by atoms with E-state index in [4.69, 9.17) is 4.74 Å². The lowest BCUT2D eigenvalue weighted by Gasteiger charge is -2.33. The molecular weight excluding hydrogens is 276 g/mol. The van der Waals surface area contributed by atoms with E-state index in [0.29, 0.717) is 11.7 Å². The van der Waals surface area contributed by atoms with Gasteiger partial charge in [-0.1, -0.05) is 6.92 Å². The molecule has 0 atom stereocenters. The monoisotopic (exact) mass is 300 g/mol. The topological polar surface area (TPSA) is 45.3 Å². The van der Waals surface area contributed by atoms with E-state index in [2.05, 4.69) is 11.9 Å². The van der Waals surface area contributed by atoms with Gasteiger partial charge in [0.15, 0.2) is 0 Å². The summed E-state index contributed by atoms with van der Waals surface area (Å²) < 4.78 is 5.23. The molecular formula is C18H24N2O2. The van der Waals surface area contributed by atoms with Crippen LogP contribution in [0, 0.1) is 5.92 Å². The molecule has 4 nitrogen and oxygen atoms in total. The number of benzene rings is 1. The van der Waals surface area contributed by atoms with Crippen LogP contribution >= 0.6 is 0 Å². The Hall–Kier alpha value is -1.97. The van der Waals surface area contributed by atoms with Gasteiger partial charge in [0.05, 0.1) is 7.11 Å². The van der Waals surface area contributed by atoms with Crippen LogP contribution in [-0.2, 0) is 0 Å². The maximum Gasteiger partial charge on any atom is 0.270 e. The zero-order valence-corrected chi connectivity index (χ0v) is 13.6. The second-order valence-corrected chi connectivity index (χ2v) is 6.47. The lowest BCUT2D eigenvalue weighted by molar-refractivity contribution is 0.0674. The maximum absolute atomic E-state index is 12.7. The van der Waals surface area contributed by atoms with Crippen molar-refractivity contribution in [2.24, 2.45) is 5.92 Å². The van der Waals surface area contributed by atoms with E-state index in [1.165, 1.54) is 12.8 Å². The summed E-state index contributed by atoms with van der Waals surface area (Å²) in [6, 6.07) is 8.11. The molecule has 0 saturated heterocycles. The molecule has 0 aliphatic heterocycles. The lowest BCUT2D eigenvalue weighted by Crippen LogP contribution is -2.39. The minimum Gasteiger partial charge on any atom is -0.497 e. The minimum absolute atomic E-state index is 0.0784. The van der Waals surface area contributed by atoms with Gasteiger partial charge in [-0.3, -0.25) is 4.79 Å². The number of rotatable bonds is 3. The molecule has 1 aromatic heterocycles. The number of aromatic nitrogens is 1. The van der Waals surface area contributed by atoms with Crippen molar-refractivity contribution in [2.75, 3.05) is 14.2 Å². The number of ether oxygens (including phenoxy) is 1. The predicted octanol–water partition coefficient (Wildman–Crippen LogP) is 3.83. The second kappa shape index (κ2) is 6.03. The van der Waals surface area contributed by atoms with Gasteiger partial charge < -0.3 is 14.6 Å². The third kappa shape index (κ3) is 2.82. The van der Waals surface area contributed by atoms with Crippen LogP contribution in [0.1, 0.15) is 43.1 Å². The molecule has 0 spiro atoms. The molecule has 0 radical (unpaired) electrons. The molecule has 1 N–H and O–H groups in total. The van der Waals surface area contributed by atoms with E-state index in [0.717, 1.165) is 35.4 Å². The molecule has 1 heterocycles. The standard InChI is InChI=1S/C18H24N2O2/c1-12-4-7-14(8-5-12)20(2)18(21)17-10-13-6-9-15(22-3)11-16(13)19-17/h6,9-12,14,19H,4-5,7-8H2,1-3H3. The highest BCUT2D eigenvalue weighted by Gasteiger charge is 2.26. The Bertz CT molecular complexity index is 669. The Kier molecular flexibility index (Phi) is 4.10. The number of carbonyl (C=O) groups is 1. The highest BCUT2D eigenvalue weighted by atomic mass is 16.5. The molecule has 0 bridgehead atoms. The second-order valence-electron chi connectivity index (χ2n) is 6.47. The molecule has 22 heavy (non-hydrogen) atoms. The first kappa shape index (κ1) is 14.9. The zero-order chi connectivity index (χ0) is 15.7. The number of hydrogen-bond acceptors (Lipinski definition) is 2. The number of fused-ring (bicyclic) bond motifs is 1. The molecule has 1 aromatic carbocycles. The van der Waals surface area contributed by atoms with Crippen LogP contribution in [0.3, 0.4) is 0 Å². The summed E-state index contributed by atoms with van der Waals surface area (Å²) in [6.07, 6.45) is 4.65. The number of amides is 1. The fraction of sp³-hybridized carbons (Fsp3) is 0.500. The van der Waals surface area contributed by atoms with Gasteiger partial charge in [0.2, 0.25) is 0 Å². The lowest BCUT2D eigenvalue weighted by atomic mass is 9.86. The van der Waals surface area contributed by atoms with Crippen LogP contribution in [0.2, 0.25) is 0 Å².